The number of likely N-dealkylation sites (tertiary alicyclic amines) is 1. The summed E-state index contributed by atoms with van der Waals surface area (Å²) in [6.07, 6.45) is 1.14. The lowest BCUT2D eigenvalue weighted by molar-refractivity contribution is -0.340. The summed E-state index contributed by atoms with van der Waals surface area (Å²) in [5, 5.41) is 10.0. The molecule has 3 heteroatoms. The maximum atomic E-state index is 10.0. The Balaban J connectivity index is 2.55. The van der Waals surface area contributed by atoms with E-state index in [2.05, 4.69) is 6.92 Å². The summed E-state index contributed by atoms with van der Waals surface area (Å²) in [6.45, 7) is 10.6. The molecule has 2 unspecified atom stereocenters. The van der Waals surface area contributed by atoms with E-state index in [4.69, 9.17) is 4.74 Å². The fourth-order valence-electron chi connectivity index (χ4n) is 1.77. The van der Waals surface area contributed by atoms with Gasteiger partial charge in [0.15, 0.2) is 0 Å². The molecule has 0 radical (unpaired) electrons. The summed E-state index contributed by atoms with van der Waals surface area (Å²) in [7, 11) is 0. The Morgan fingerprint density at radius 3 is 2.08 bits per heavy atom. The predicted octanol–water partition coefficient (Wildman–Crippen LogP) is 1.56. The molecule has 3 nitrogen and oxygen atoms in total. The van der Waals surface area contributed by atoms with Crippen LogP contribution in [0.3, 0.4) is 0 Å². The molecule has 78 valence electrons. The third kappa shape index (κ3) is 2.66. The van der Waals surface area contributed by atoms with Gasteiger partial charge in [0.2, 0.25) is 5.91 Å². The maximum Gasteiger partial charge on any atom is 0.225 e. The van der Waals surface area contributed by atoms with Gasteiger partial charge in [-0.3, -0.25) is 4.90 Å². The molecule has 2 atom stereocenters. The van der Waals surface area contributed by atoms with Gasteiger partial charge in [0.1, 0.15) is 0 Å². The summed E-state index contributed by atoms with van der Waals surface area (Å²) in [5.41, 5.74) is -0.307. The van der Waals surface area contributed by atoms with E-state index in [1.165, 1.54) is 0 Å². The molecule has 0 spiro atoms. The highest BCUT2D eigenvalue weighted by molar-refractivity contribution is 4.84. The van der Waals surface area contributed by atoms with E-state index in [0.29, 0.717) is 6.04 Å². The third-order valence-electron chi connectivity index (χ3n) is 2.35. The zero-order valence-electron chi connectivity index (χ0n) is 9.29. The number of hydrogen-bond acceptors (Lipinski definition) is 3. The first-order chi connectivity index (χ1) is 5.72. The second-order valence-electron chi connectivity index (χ2n) is 4.98. The maximum absolute atomic E-state index is 10.0. The summed E-state index contributed by atoms with van der Waals surface area (Å²) in [6, 6.07) is 0.428. The first-order valence-corrected chi connectivity index (χ1v) is 4.92. The molecule has 0 aromatic rings. The normalized spacial score (nSPS) is 29.5. The van der Waals surface area contributed by atoms with Gasteiger partial charge in [-0.15, -0.1) is 0 Å². The van der Waals surface area contributed by atoms with E-state index in [1.54, 1.807) is 6.92 Å². The van der Waals surface area contributed by atoms with Crippen LogP contribution in [0.2, 0.25) is 0 Å². The standard InChI is InChI=1S/C10H21NO2/c1-8-6-7-11(8)10(5,12)13-9(2,3)4/h8,12H,6-7H2,1-5H3. The van der Waals surface area contributed by atoms with Crippen molar-refractivity contribution in [2.75, 3.05) is 6.54 Å². The molecule has 0 amide bonds. The van der Waals surface area contributed by atoms with Gasteiger partial charge in [0.25, 0.3) is 0 Å². The van der Waals surface area contributed by atoms with Gasteiger partial charge in [-0.25, -0.2) is 0 Å². The van der Waals surface area contributed by atoms with E-state index in [9.17, 15) is 5.11 Å². The third-order valence-corrected chi connectivity index (χ3v) is 2.35. The zero-order chi connectivity index (χ0) is 10.3. The lowest BCUT2D eigenvalue weighted by Crippen LogP contribution is -2.61. The Morgan fingerprint density at radius 2 is 1.85 bits per heavy atom. The van der Waals surface area contributed by atoms with Crippen LogP contribution < -0.4 is 0 Å². The molecule has 1 N–H and O–H groups in total. The minimum absolute atomic E-state index is 0.307. The second kappa shape index (κ2) is 3.23. The van der Waals surface area contributed by atoms with Crippen LogP contribution in [0.5, 0.6) is 0 Å². The van der Waals surface area contributed by atoms with Crippen LogP contribution in [0.1, 0.15) is 41.0 Å². The lowest BCUT2D eigenvalue weighted by atomic mass is 10.0. The van der Waals surface area contributed by atoms with Crippen LogP contribution in [0, 0.1) is 0 Å². The number of ether oxygens (including phenoxy) is 1. The Bertz CT molecular complexity index is 184. The highest BCUT2D eigenvalue weighted by Gasteiger charge is 2.41. The first-order valence-electron chi connectivity index (χ1n) is 4.92. The van der Waals surface area contributed by atoms with Crippen LogP contribution >= 0.6 is 0 Å². The van der Waals surface area contributed by atoms with E-state index < -0.39 is 5.91 Å². The molecule has 13 heavy (non-hydrogen) atoms. The molecule has 0 aliphatic carbocycles. The van der Waals surface area contributed by atoms with E-state index in [0.717, 1.165) is 13.0 Å². The van der Waals surface area contributed by atoms with Crippen molar-refractivity contribution >= 4 is 0 Å². The minimum Gasteiger partial charge on any atom is -0.353 e. The van der Waals surface area contributed by atoms with Crippen molar-refractivity contribution in [2.45, 2.75) is 58.6 Å². The van der Waals surface area contributed by atoms with Gasteiger partial charge >= 0.3 is 0 Å². The van der Waals surface area contributed by atoms with Gasteiger partial charge in [0, 0.05) is 19.5 Å². The van der Waals surface area contributed by atoms with Gasteiger partial charge in [-0.2, -0.15) is 0 Å². The van der Waals surface area contributed by atoms with Crippen molar-refractivity contribution in [3.05, 3.63) is 0 Å². The highest BCUT2D eigenvalue weighted by Crippen LogP contribution is 2.29. The number of nitrogens with zero attached hydrogens (tertiary/aromatic N) is 1. The largest absolute Gasteiger partial charge is 0.353 e. The average Bonchev–Trinajstić information content (AvgIpc) is 1.76. The molecule has 1 saturated heterocycles. The summed E-state index contributed by atoms with van der Waals surface area (Å²) in [4.78, 5) is 1.97. The molecule has 1 aliphatic rings. The van der Waals surface area contributed by atoms with E-state index in [1.807, 2.05) is 25.7 Å². The van der Waals surface area contributed by atoms with Crippen molar-refractivity contribution in [2.24, 2.45) is 0 Å². The van der Waals surface area contributed by atoms with Crippen LogP contribution in [0.15, 0.2) is 0 Å². The number of hydrogen-bond donors (Lipinski definition) is 1. The molecular weight excluding hydrogens is 166 g/mol. The molecule has 1 heterocycles. The van der Waals surface area contributed by atoms with Crippen molar-refractivity contribution in [3.8, 4) is 0 Å². The van der Waals surface area contributed by atoms with Crippen LogP contribution in [0.25, 0.3) is 0 Å². The minimum atomic E-state index is -1.12. The van der Waals surface area contributed by atoms with Crippen molar-refractivity contribution in [1.29, 1.82) is 0 Å². The van der Waals surface area contributed by atoms with Crippen LogP contribution in [-0.4, -0.2) is 34.1 Å². The first kappa shape index (κ1) is 11.0. The smallest absolute Gasteiger partial charge is 0.225 e. The molecule has 0 saturated carbocycles. The Labute approximate surface area is 80.7 Å². The van der Waals surface area contributed by atoms with Crippen LogP contribution in [0.4, 0.5) is 0 Å². The molecular formula is C10H21NO2. The topological polar surface area (TPSA) is 32.7 Å². The van der Waals surface area contributed by atoms with Crippen molar-refractivity contribution < 1.29 is 9.84 Å². The fraction of sp³-hybridized carbons (Fsp3) is 1.00. The summed E-state index contributed by atoms with van der Waals surface area (Å²) in [5.74, 6) is -1.12. The molecule has 1 aliphatic heterocycles. The Kier molecular flexibility index (Phi) is 2.72. The predicted molar refractivity (Wildman–Crippen MR) is 52.2 cm³/mol. The number of aliphatic hydroxyl groups is 1. The monoisotopic (exact) mass is 187 g/mol. The highest BCUT2D eigenvalue weighted by atomic mass is 16.7. The van der Waals surface area contributed by atoms with Crippen LogP contribution in [-0.2, 0) is 4.74 Å². The quantitative estimate of drug-likeness (QED) is 0.666. The average molecular weight is 187 g/mol. The zero-order valence-corrected chi connectivity index (χ0v) is 9.29. The van der Waals surface area contributed by atoms with E-state index in [-0.39, 0.29) is 5.60 Å². The second-order valence-corrected chi connectivity index (χ2v) is 4.98. The molecule has 1 fully saturated rings. The number of rotatable bonds is 2. The molecule has 0 bridgehead atoms. The molecule has 1 rings (SSSR count). The van der Waals surface area contributed by atoms with E-state index >= 15 is 0 Å². The Morgan fingerprint density at radius 1 is 1.31 bits per heavy atom. The lowest BCUT2D eigenvalue weighted by Gasteiger charge is -2.49. The Hall–Kier alpha value is -0.120. The van der Waals surface area contributed by atoms with Crippen molar-refractivity contribution in [3.63, 3.8) is 0 Å². The SMILES string of the molecule is CC1CCN1C(C)(O)OC(C)(C)C. The van der Waals surface area contributed by atoms with Gasteiger partial charge < -0.3 is 9.84 Å². The van der Waals surface area contributed by atoms with Gasteiger partial charge in [0.05, 0.1) is 5.60 Å². The summed E-state index contributed by atoms with van der Waals surface area (Å²) >= 11 is 0. The van der Waals surface area contributed by atoms with Gasteiger partial charge in [-0.05, 0) is 34.1 Å². The van der Waals surface area contributed by atoms with Crippen molar-refractivity contribution in [1.82, 2.24) is 4.90 Å². The van der Waals surface area contributed by atoms with Gasteiger partial charge in [-0.1, -0.05) is 0 Å². The molecule has 0 aromatic heterocycles. The molecule has 0 aromatic carbocycles. The summed E-state index contributed by atoms with van der Waals surface area (Å²) < 4.78 is 5.58. The fourth-order valence-corrected chi connectivity index (χ4v) is 1.77.